The van der Waals surface area contributed by atoms with E-state index >= 15 is 0 Å². The van der Waals surface area contributed by atoms with Crippen molar-refractivity contribution in [2.24, 2.45) is 0 Å². The summed E-state index contributed by atoms with van der Waals surface area (Å²) in [4.78, 5) is 0. The molecule has 3 N–H and O–H groups in total. The van der Waals surface area contributed by atoms with Crippen LogP contribution in [0.15, 0.2) is 35.0 Å². The zero-order valence-electron chi connectivity index (χ0n) is 9.52. The van der Waals surface area contributed by atoms with Gasteiger partial charge in [0.1, 0.15) is 5.82 Å². The molecule has 0 saturated heterocycles. The van der Waals surface area contributed by atoms with Crippen molar-refractivity contribution in [3.05, 3.63) is 41.2 Å². The highest BCUT2D eigenvalue weighted by Gasteiger charge is 2.11. The summed E-state index contributed by atoms with van der Waals surface area (Å²) >= 11 is 5.99. The summed E-state index contributed by atoms with van der Waals surface area (Å²) in [5.41, 5.74) is 8.10. The van der Waals surface area contributed by atoms with Crippen LogP contribution < -0.4 is 11.1 Å². The van der Waals surface area contributed by atoms with E-state index in [9.17, 15) is 4.39 Å². The van der Waals surface area contributed by atoms with E-state index in [2.05, 4.69) is 20.3 Å². The molecule has 0 atom stereocenters. The fourth-order valence-electron chi connectivity index (χ4n) is 1.72. The van der Waals surface area contributed by atoms with Gasteiger partial charge in [-0.3, -0.25) is 0 Å². The second-order valence-electron chi connectivity index (χ2n) is 3.91. The van der Waals surface area contributed by atoms with Crippen molar-refractivity contribution in [1.82, 2.24) is 10.3 Å². The maximum atomic E-state index is 13.2. The summed E-state index contributed by atoms with van der Waals surface area (Å²) in [6.45, 7) is 0. The molecule has 0 aliphatic rings. The van der Waals surface area contributed by atoms with Crippen LogP contribution in [0.3, 0.4) is 0 Å². The molecular weight excluding hydrogens is 271 g/mol. The van der Waals surface area contributed by atoms with Crippen molar-refractivity contribution in [2.45, 2.75) is 0 Å². The molecule has 0 spiro atoms. The standard InChI is InChI=1S/C12H8ClFN4O/c13-7-2-1-6(14)5-10(7)16-9-4-3-8(15)11-12(9)18-19-17-11/h1-5,16H,15H2. The highest BCUT2D eigenvalue weighted by atomic mass is 35.5. The second-order valence-corrected chi connectivity index (χ2v) is 4.32. The minimum absolute atomic E-state index is 0.392. The van der Waals surface area contributed by atoms with Gasteiger partial charge in [-0.15, -0.1) is 0 Å². The number of nitrogen functional groups attached to an aromatic ring is 1. The molecule has 1 aromatic heterocycles. The Balaban J connectivity index is 2.08. The van der Waals surface area contributed by atoms with Crippen molar-refractivity contribution in [3.63, 3.8) is 0 Å². The monoisotopic (exact) mass is 278 g/mol. The molecule has 0 aliphatic heterocycles. The van der Waals surface area contributed by atoms with Gasteiger partial charge in [0.25, 0.3) is 0 Å². The van der Waals surface area contributed by atoms with Gasteiger partial charge in [0.05, 0.1) is 22.1 Å². The number of rotatable bonds is 2. The third-order valence-electron chi connectivity index (χ3n) is 2.64. The number of hydrogen-bond acceptors (Lipinski definition) is 5. The fraction of sp³-hybridized carbons (Fsp3) is 0. The summed E-state index contributed by atoms with van der Waals surface area (Å²) < 4.78 is 17.9. The van der Waals surface area contributed by atoms with Crippen LogP contribution in [0, 0.1) is 5.82 Å². The Morgan fingerprint density at radius 2 is 1.89 bits per heavy atom. The molecule has 1 heterocycles. The Bertz CT molecular complexity index is 759. The number of aromatic nitrogens is 2. The van der Waals surface area contributed by atoms with E-state index in [0.717, 1.165) is 0 Å². The van der Waals surface area contributed by atoms with Crippen molar-refractivity contribution >= 4 is 39.7 Å². The summed E-state index contributed by atoms with van der Waals surface area (Å²) in [6, 6.07) is 7.39. The molecule has 0 radical (unpaired) electrons. The number of nitrogens with one attached hydrogen (secondary N) is 1. The zero-order chi connectivity index (χ0) is 13.4. The van der Waals surface area contributed by atoms with Gasteiger partial charge in [0, 0.05) is 0 Å². The Morgan fingerprint density at radius 1 is 1.11 bits per heavy atom. The third kappa shape index (κ3) is 2.06. The van der Waals surface area contributed by atoms with Crippen LogP contribution in [0.2, 0.25) is 5.02 Å². The predicted molar refractivity (Wildman–Crippen MR) is 70.9 cm³/mol. The molecule has 7 heteroatoms. The number of fused-ring (bicyclic) bond motifs is 1. The minimum atomic E-state index is -0.392. The van der Waals surface area contributed by atoms with E-state index in [1.165, 1.54) is 18.2 Å². The molecule has 5 nitrogen and oxygen atoms in total. The maximum Gasteiger partial charge on any atom is 0.160 e. The largest absolute Gasteiger partial charge is 0.397 e. The van der Waals surface area contributed by atoms with Gasteiger partial charge in [-0.25, -0.2) is 9.02 Å². The molecule has 0 bridgehead atoms. The maximum absolute atomic E-state index is 13.2. The van der Waals surface area contributed by atoms with Crippen molar-refractivity contribution in [2.75, 3.05) is 11.1 Å². The lowest BCUT2D eigenvalue weighted by molar-refractivity contribution is 0.316. The van der Waals surface area contributed by atoms with Crippen molar-refractivity contribution < 1.29 is 9.02 Å². The first kappa shape index (κ1) is 11.7. The van der Waals surface area contributed by atoms with E-state index < -0.39 is 5.82 Å². The van der Waals surface area contributed by atoms with E-state index in [1.807, 2.05) is 0 Å². The quantitative estimate of drug-likeness (QED) is 0.703. The van der Waals surface area contributed by atoms with Crippen LogP contribution >= 0.6 is 11.6 Å². The van der Waals surface area contributed by atoms with Gasteiger partial charge in [0.15, 0.2) is 11.0 Å². The van der Waals surface area contributed by atoms with Gasteiger partial charge >= 0.3 is 0 Å². The number of anilines is 3. The normalized spacial score (nSPS) is 10.8. The fourth-order valence-corrected chi connectivity index (χ4v) is 1.89. The minimum Gasteiger partial charge on any atom is -0.397 e. The van der Waals surface area contributed by atoms with E-state index in [1.54, 1.807) is 12.1 Å². The van der Waals surface area contributed by atoms with Crippen molar-refractivity contribution in [1.29, 1.82) is 0 Å². The topological polar surface area (TPSA) is 77.0 Å². The molecule has 3 rings (SSSR count). The molecule has 0 aliphatic carbocycles. The van der Waals surface area contributed by atoms with Gasteiger partial charge in [-0.1, -0.05) is 11.6 Å². The molecule has 0 saturated carbocycles. The van der Waals surface area contributed by atoms with Crippen molar-refractivity contribution in [3.8, 4) is 0 Å². The number of hydrogen-bond donors (Lipinski definition) is 2. The predicted octanol–water partition coefficient (Wildman–Crippen LogP) is 3.34. The van der Waals surface area contributed by atoms with Crippen LogP contribution in [0.5, 0.6) is 0 Å². The van der Waals surface area contributed by atoms with Gasteiger partial charge in [-0.2, -0.15) is 0 Å². The molecular formula is C12H8ClFN4O. The van der Waals surface area contributed by atoms with Crippen LogP contribution in [0.1, 0.15) is 0 Å². The molecule has 0 amide bonds. The number of halogens is 2. The van der Waals surface area contributed by atoms with Crippen LogP contribution in [0.25, 0.3) is 11.0 Å². The lowest BCUT2D eigenvalue weighted by Crippen LogP contribution is -1.95. The summed E-state index contributed by atoms with van der Waals surface area (Å²) in [5, 5.41) is 10.8. The first-order valence-corrected chi connectivity index (χ1v) is 5.76. The van der Waals surface area contributed by atoms with E-state index in [0.29, 0.717) is 33.1 Å². The van der Waals surface area contributed by atoms with Gasteiger partial charge in [-0.05, 0) is 40.6 Å². The molecule has 0 fully saturated rings. The highest BCUT2D eigenvalue weighted by Crippen LogP contribution is 2.31. The van der Waals surface area contributed by atoms with Crippen LogP contribution in [-0.2, 0) is 0 Å². The van der Waals surface area contributed by atoms with Crippen LogP contribution in [0.4, 0.5) is 21.5 Å². The number of nitrogens with two attached hydrogens (primary N) is 1. The lowest BCUT2D eigenvalue weighted by Gasteiger charge is -2.08. The first-order chi connectivity index (χ1) is 9.15. The van der Waals surface area contributed by atoms with E-state index in [4.69, 9.17) is 17.3 Å². The number of benzene rings is 2. The molecule has 3 aromatic rings. The van der Waals surface area contributed by atoms with Gasteiger partial charge in [0.2, 0.25) is 0 Å². The lowest BCUT2D eigenvalue weighted by atomic mass is 10.2. The molecule has 0 unspecified atom stereocenters. The molecule has 96 valence electrons. The highest BCUT2D eigenvalue weighted by molar-refractivity contribution is 6.33. The summed E-state index contributed by atoms with van der Waals surface area (Å²) in [7, 11) is 0. The molecule has 2 aromatic carbocycles. The smallest absolute Gasteiger partial charge is 0.160 e. The molecule has 19 heavy (non-hydrogen) atoms. The van der Waals surface area contributed by atoms with Crippen LogP contribution in [-0.4, -0.2) is 10.3 Å². The van der Waals surface area contributed by atoms with E-state index in [-0.39, 0.29) is 0 Å². The Morgan fingerprint density at radius 3 is 2.74 bits per heavy atom. The Labute approximate surface area is 112 Å². The summed E-state index contributed by atoms with van der Waals surface area (Å²) in [5.74, 6) is -0.392. The Kier molecular flexibility index (Phi) is 2.72. The average molecular weight is 279 g/mol. The second kappa shape index (κ2) is 4.40. The zero-order valence-corrected chi connectivity index (χ0v) is 10.3. The average Bonchev–Trinajstić information content (AvgIpc) is 2.87. The summed E-state index contributed by atoms with van der Waals surface area (Å²) in [6.07, 6.45) is 0. The third-order valence-corrected chi connectivity index (χ3v) is 2.97. The first-order valence-electron chi connectivity index (χ1n) is 5.38. The SMILES string of the molecule is Nc1ccc(Nc2cc(F)ccc2Cl)c2nonc12. The number of nitrogens with zero attached hydrogens (tertiary/aromatic N) is 2. The Hall–Kier alpha value is -2.34. The van der Waals surface area contributed by atoms with Gasteiger partial charge < -0.3 is 11.1 Å².